The van der Waals surface area contributed by atoms with Gasteiger partial charge in [-0.3, -0.25) is 4.79 Å². The fourth-order valence-electron chi connectivity index (χ4n) is 3.77. The van der Waals surface area contributed by atoms with Gasteiger partial charge in [-0.25, -0.2) is 0 Å². The number of rotatable bonds is 1. The Morgan fingerprint density at radius 2 is 2.10 bits per heavy atom. The summed E-state index contributed by atoms with van der Waals surface area (Å²) < 4.78 is 0. The Morgan fingerprint density at radius 3 is 2.85 bits per heavy atom. The van der Waals surface area contributed by atoms with Gasteiger partial charge in [0.25, 0.3) is 0 Å². The fraction of sp³-hybridized carbons (Fsp3) is 0.588. The van der Waals surface area contributed by atoms with Crippen molar-refractivity contribution in [2.75, 3.05) is 6.54 Å². The summed E-state index contributed by atoms with van der Waals surface area (Å²) in [4.78, 5) is 14.8. The first-order chi connectivity index (χ1) is 9.58. The highest BCUT2D eigenvalue weighted by Gasteiger charge is 2.41. The van der Waals surface area contributed by atoms with Crippen molar-refractivity contribution in [1.29, 1.82) is 0 Å². The molecule has 20 heavy (non-hydrogen) atoms. The van der Waals surface area contributed by atoms with E-state index in [9.17, 15) is 4.79 Å². The zero-order valence-electron chi connectivity index (χ0n) is 12.3. The van der Waals surface area contributed by atoms with Crippen LogP contribution in [0.25, 0.3) is 0 Å². The van der Waals surface area contributed by atoms with E-state index in [1.54, 1.807) is 0 Å². The number of nitrogens with zero attached hydrogens (tertiary/aromatic N) is 1. The molecule has 0 saturated heterocycles. The maximum atomic E-state index is 12.8. The van der Waals surface area contributed by atoms with Crippen LogP contribution in [0.4, 0.5) is 0 Å². The minimum absolute atomic E-state index is 0.165. The van der Waals surface area contributed by atoms with Gasteiger partial charge >= 0.3 is 0 Å². The molecular formula is C17H24N2O. The van der Waals surface area contributed by atoms with Crippen LogP contribution in [0.1, 0.15) is 43.7 Å². The average molecular weight is 272 g/mol. The van der Waals surface area contributed by atoms with Crippen molar-refractivity contribution in [3.05, 3.63) is 35.4 Å². The molecular weight excluding hydrogens is 248 g/mol. The molecule has 1 aliphatic heterocycles. The number of carbonyl (C=O) groups excluding carboxylic acids is 1. The third-order valence-corrected chi connectivity index (χ3v) is 4.88. The van der Waals surface area contributed by atoms with Crippen LogP contribution in [0.3, 0.4) is 0 Å². The Kier molecular flexibility index (Phi) is 3.55. The maximum Gasteiger partial charge on any atom is 0.242 e. The highest BCUT2D eigenvalue weighted by atomic mass is 16.2. The fourth-order valence-corrected chi connectivity index (χ4v) is 3.77. The summed E-state index contributed by atoms with van der Waals surface area (Å²) in [5.41, 5.74) is 8.48. The second kappa shape index (κ2) is 5.21. The molecule has 1 aromatic carbocycles. The first-order valence-corrected chi connectivity index (χ1v) is 7.73. The van der Waals surface area contributed by atoms with Crippen molar-refractivity contribution in [1.82, 2.24) is 4.90 Å². The molecule has 1 aliphatic carbocycles. The summed E-state index contributed by atoms with van der Waals surface area (Å²) >= 11 is 0. The lowest BCUT2D eigenvalue weighted by molar-refractivity contribution is -0.139. The van der Waals surface area contributed by atoms with E-state index in [-0.39, 0.29) is 5.91 Å². The molecule has 2 N–H and O–H groups in total. The van der Waals surface area contributed by atoms with Crippen molar-refractivity contribution in [3.8, 4) is 0 Å². The topological polar surface area (TPSA) is 46.3 Å². The Morgan fingerprint density at radius 1 is 1.35 bits per heavy atom. The Hall–Kier alpha value is -1.35. The van der Waals surface area contributed by atoms with Gasteiger partial charge in [0, 0.05) is 13.1 Å². The molecule has 1 amide bonds. The molecule has 3 nitrogen and oxygen atoms in total. The third-order valence-electron chi connectivity index (χ3n) is 4.88. The van der Waals surface area contributed by atoms with Crippen molar-refractivity contribution >= 4 is 5.91 Å². The minimum Gasteiger partial charge on any atom is -0.336 e. The van der Waals surface area contributed by atoms with Crippen LogP contribution in [0.5, 0.6) is 0 Å². The third kappa shape index (κ3) is 2.47. The molecule has 0 radical (unpaired) electrons. The van der Waals surface area contributed by atoms with Crippen LogP contribution >= 0.6 is 0 Å². The number of benzene rings is 1. The summed E-state index contributed by atoms with van der Waals surface area (Å²) in [5.74, 6) is 0.730. The maximum absolute atomic E-state index is 12.8. The first kappa shape index (κ1) is 13.6. The van der Waals surface area contributed by atoms with Crippen molar-refractivity contribution in [2.24, 2.45) is 11.7 Å². The van der Waals surface area contributed by atoms with Gasteiger partial charge in [-0.1, -0.05) is 44.0 Å². The molecule has 2 atom stereocenters. The number of hydrogen-bond acceptors (Lipinski definition) is 2. The van der Waals surface area contributed by atoms with E-state index in [0.717, 1.165) is 38.8 Å². The predicted octanol–water partition coefficient (Wildman–Crippen LogP) is 2.48. The standard InChI is InChI=1S/C17H24N2O/c1-13-5-4-9-17(18,11-13)16(20)19-10-8-14-6-2-3-7-15(14)12-19/h2-3,6-7,13H,4-5,8-12,18H2,1H3. The molecule has 3 heteroatoms. The van der Waals surface area contributed by atoms with Gasteiger partial charge < -0.3 is 10.6 Å². The van der Waals surface area contributed by atoms with Crippen LogP contribution in [-0.2, 0) is 17.8 Å². The van der Waals surface area contributed by atoms with E-state index in [1.807, 2.05) is 11.0 Å². The van der Waals surface area contributed by atoms with E-state index in [1.165, 1.54) is 17.5 Å². The van der Waals surface area contributed by atoms with E-state index in [2.05, 4.69) is 25.1 Å². The lowest BCUT2D eigenvalue weighted by Crippen LogP contribution is -2.58. The molecule has 1 heterocycles. The summed E-state index contributed by atoms with van der Waals surface area (Å²) in [6.07, 6.45) is 4.91. The van der Waals surface area contributed by atoms with Crippen LogP contribution in [0.2, 0.25) is 0 Å². The molecule has 2 aliphatic rings. The number of hydrogen-bond donors (Lipinski definition) is 1. The Bertz CT molecular complexity index is 513. The number of amides is 1. The van der Waals surface area contributed by atoms with Crippen LogP contribution in [0, 0.1) is 5.92 Å². The van der Waals surface area contributed by atoms with Crippen molar-refractivity contribution in [3.63, 3.8) is 0 Å². The minimum atomic E-state index is -0.621. The molecule has 1 fully saturated rings. The Labute approximate surface area is 121 Å². The van der Waals surface area contributed by atoms with Crippen LogP contribution in [0.15, 0.2) is 24.3 Å². The lowest BCUT2D eigenvalue weighted by Gasteiger charge is -2.40. The molecule has 0 spiro atoms. The summed E-state index contributed by atoms with van der Waals surface area (Å²) in [7, 11) is 0. The second-order valence-electron chi connectivity index (χ2n) is 6.60. The van der Waals surface area contributed by atoms with Gasteiger partial charge in [-0.15, -0.1) is 0 Å². The normalized spacial score (nSPS) is 29.9. The van der Waals surface area contributed by atoms with Crippen LogP contribution < -0.4 is 5.73 Å². The summed E-state index contributed by atoms with van der Waals surface area (Å²) in [5, 5.41) is 0. The van der Waals surface area contributed by atoms with Gasteiger partial charge in [0.15, 0.2) is 0 Å². The highest BCUT2D eigenvalue weighted by molar-refractivity contribution is 5.86. The molecule has 1 saturated carbocycles. The highest BCUT2D eigenvalue weighted by Crippen LogP contribution is 2.33. The zero-order valence-corrected chi connectivity index (χ0v) is 12.3. The smallest absolute Gasteiger partial charge is 0.242 e. The second-order valence-corrected chi connectivity index (χ2v) is 6.60. The SMILES string of the molecule is CC1CCCC(N)(C(=O)N2CCc3ccccc3C2)C1. The van der Waals surface area contributed by atoms with Gasteiger partial charge in [0.2, 0.25) is 5.91 Å². The number of nitrogens with two attached hydrogens (primary N) is 1. The number of carbonyl (C=O) groups is 1. The predicted molar refractivity (Wildman–Crippen MR) is 80.1 cm³/mol. The lowest BCUT2D eigenvalue weighted by atomic mass is 9.76. The Balaban J connectivity index is 1.75. The summed E-state index contributed by atoms with van der Waals surface area (Å²) in [6, 6.07) is 8.41. The largest absolute Gasteiger partial charge is 0.336 e. The molecule has 2 unspecified atom stereocenters. The molecule has 1 aromatic rings. The molecule has 108 valence electrons. The van der Waals surface area contributed by atoms with E-state index >= 15 is 0 Å². The molecule has 0 bridgehead atoms. The quantitative estimate of drug-likeness (QED) is 0.853. The van der Waals surface area contributed by atoms with Gasteiger partial charge in [-0.05, 0) is 36.3 Å². The molecule has 3 rings (SSSR count). The van der Waals surface area contributed by atoms with Crippen molar-refractivity contribution < 1.29 is 4.79 Å². The zero-order chi connectivity index (χ0) is 14.2. The van der Waals surface area contributed by atoms with Crippen LogP contribution in [-0.4, -0.2) is 22.9 Å². The van der Waals surface area contributed by atoms with E-state index < -0.39 is 5.54 Å². The van der Waals surface area contributed by atoms with E-state index in [0.29, 0.717) is 5.92 Å². The van der Waals surface area contributed by atoms with Crippen molar-refractivity contribution in [2.45, 2.75) is 51.1 Å². The number of fused-ring (bicyclic) bond motifs is 1. The van der Waals surface area contributed by atoms with Gasteiger partial charge in [0.1, 0.15) is 0 Å². The summed E-state index contributed by atoms with van der Waals surface area (Å²) in [6.45, 7) is 3.74. The van der Waals surface area contributed by atoms with Gasteiger partial charge in [-0.2, -0.15) is 0 Å². The monoisotopic (exact) mass is 272 g/mol. The first-order valence-electron chi connectivity index (χ1n) is 7.73. The van der Waals surface area contributed by atoms with E-state index in [4.69, 9.17) is 5.73 Å². The average Bonchev–Trinajstić information content (AvgIpc) is 2.45. The molecule has 0 aromatic heterocycles. The van der Waals surface area contributed by atoms with Gasteiger partial charge in [0.05, 0.1) is 5.54 Å².